The second-order valence-corrected chi connectivity index (χ2v) is 4.86. The molecule has 0 heterocycles. The zero-order valence-electron chi connectivity index (χ0n) is 7.78. The van der Waals surface area contributed by atoms with Crippen LogP contribution in [0.1, 0.15) is 47.0 Å². The Labute approximate surface area is 65.0 Å². The van der Waals surface area contributed by atoms with Gasteiger partial charge >= 0.3 is 0 Å². The summed E-state index contributed by atoms with van der Waals surface area (Å²) in [4.78, 5) is 0. The van der Waals surface area contributed by atoms with Crippen molar-refractivity contribution in [2.75, 3.05) is 0 Å². The molecule has 0 aromatic rings. The fourth-order valence-electron chi connectivity index (χ4n) is 2.08. The molecular formula is C10H20. The summed E-state index contributed by atoms with van der Waals surface area (Å²) in [5.41, 5.74) is 0.633. The topological polar surface area (TPSA) is 0 Å². The Kier molecular flexibility index (Phi) is 2.07. The van der Waals surface area contributed by atoms with E-state index in [1.54, 1.807) is 0 Å². The lowest BCUT2D eigenvalue weighted by atomic mass is 9.80. The van der Waals surface area contributed by atoms with Gasteiger partial charge in [0.05, 0.1) is 0 Å². The highest BCUT2D eigenvalue weighted by atomic mass is 14.4. The molecule has 0 nitrogen and oxygen atoms in total. The lowest BCUT2D eigenvalue weighted by molar-refractivity contribution is 0.245. The Balaban J connectivity index is 2.34. The summed E-state index contributed by atoms with van der Waals surface area (Å²) in [7, 11) is 0. The van der Waals surface area contributed by atoms with E-state index in [1.807, 2.05) is 0 Å². The van der Waals surface area contributed by atoms with Crippen molar-refractivity contribution in [2.24, 2.45) is 17.3 Å². The van der Waals surface area contributed by atoms with Crippen LogP contribution in [0, 0.1) is 17.3 Å². The van der Waals surface area contributed by atoms with E-state index in [4.69, 9.17) is 0 Å². The van der Waals surface area contributed by atoms with Crippen LogP contribution in [0.25, 0.3) is 0 Å². The maximum absolute atomic E-state index is 2.42. The molecule has 1 fully saturated rings. The maximum Gasteiger partial charge on any atom is -0.0323 e. The Morgan fingerprint density at radius 1 is 1.30 bits per heavy atom. The SMILES string of the molecule is CC(C)CC(C)(C)C1CC1. The molecule has 1 saturated carbocycles. The van der Waals surface area contributed by atoms with Crippen LogP contribution >= 0.6 is 0 Å². The molecule has 0 saturated heterocycles. The molecule has 1 aliphatic rings. The zero-order chi connectivity index (χ0) is 7.78. The molecular weight excluding hydrogens is 120 g/mol. The van der Waals surface area contributed by atoms with Crippen molar-refractivity contribution in [3.63, 3.8) is 0 Å². The predicted octanol–water partition coefficient (Wildman–Crippen LogP) is 3.47. The molecule has 0 aromatic heterocycles. The summed E-state index contributed by atoms with van der Waals surface area (Å²) in [6.07, 6.45) is 4.37. The van der Waals surface area contributed by atoms with Gasteiger partial charge < -0.3 is 0 Å². The summed E-state index contributed by atoms with van der Waals surface area (Å²) in [6.45, 7) is 9.49. The first-order valence-corrected chi connectivity index (χ1v) is 4.52. The van der Waals surface area contributed by atoms with Gasteiger partial charge in [0.2, 0.25) is 0 Å². The first kappa shape index (κ1) is 8.10. The van der Waals surface area contributed by atoms with Gasteiger partial charge in [0, 0.05) is 0 Å². The van der Waals surface area contributed by atoms with E-state index in [0.717, 1.165) is 11.8 Å². The van der Waals surface area contributed by atoms with Gasteiger partial charge in [-0.05, 0) is 36.5 Å². The summed E-state index contributed by atoms with van der Waals surface area (Å²) in [6, 6.07) is 0. The summed E-state index contributed by atoms with van der Waals surface area (Å²) in [5.74, 6) is 1.92. The standard InChI is InChI=1S/C10H20/c1-8(2)7-10(3,4)9-5-6-9/h8-9H,5-7H2,1-4H3. The van der Waals surface area contributed by atoms with Crippen LogP contribution in [-0.2, 0) is 0 Å². The molecule has 0 atom stereocenters. The van der Waals surface area contributed by atoms with Crippen LogP contribution in [0.5, 0.6) is 0 Å². The fourth-order valence-corrected chi connectivity index (χ4v) is 2.08. The highest BCUT2D eigenvalue weighted by molar-refractivity contribution is 4.88. The molecule has 0 radical (unpaired) electrons. The molecule has 0 heteroatoms. The average Bonchev–Trinajstić information content (AvgIpc) is 2.35. The van der Waals surface area contributed by atoms with E-state index in [2.05, 4.69) is 27.7 Å². The highest BCUT2D eigenvalue weighted by Gasteiger charge is 2.37. The minimum Gasteiger partial charge on any atom is -0.0628 e. The summed E-state index contributed by atoms with van der Waals surface area (Å²) in [5, 5.41) is 0. The van der Waals surface area contributed by atoms with Crippen molar-refractivity contribution in [3.8, 4) is 0 Å². The Morgan fingerprint density at radius 2 is 1.80 bits per heavy atom. The van der Waals surface area contributed by atoms with Crippen LogP contribution < -0.4 is 0 Å². The van der Waals surface area contributed by atoms with Crippen molar-refractivity contribution in [1.82, 2.24) is 0 Å². The Hall–Kier alpha value is 0. The van der Waals surface area contributed by atoms with Gasteiger partial charge in [-0.1, -0.05) is 27.7 Å². The van der Waals surface area contributed by atoms with Crippen molar-refractivity contribution >= 4 is 0 Å². The molecule has 0 bridgehead atoms. The van der Waals surface area contributed by atoms with Gasteiger partial charge in [0.15, 0.2) is 0 Å². The van der Waals surface area contributed by atoms with Gasteiger partial charge in [0.1, 0.15) is 0 Å². The second-order valence-electron chi connectivity index (χ2n) is 4.86. The van der Waals surface area contributed by atoms with Gasteiger partial charge in [-0.2, -0.15) is 0 Å². The normalized spacial score (nSPS) is 20.1. The zero-order valence-corrected chi connectivity index (χ0v) is 7.78. The fraction of sp³-hybridized carbons (Fsp3) is 1.00. The minimum absolute atomic E-state index is 0.633. The van der Waals surface area contributed by atoms with Gasteiger partial charge in [-0.25, -0.2) is 0 Å². The largest absolute Gasteiger partial charge is 0.0628 e. The lowest BCUT2D eigenvalue weighted by Gasteiger charge is -2.26. The number of hydrogen-bond acceptors (Lipinski definition) is 0. The van der Waals surface area contributed by atoms with E-state index in [-0.39, 0.29) is 0 Å². The average molecular weight is 140 g/mol. The van der Waals surface area contributed by atoms with Crippen LogP contribution in [0.3, 0.4) is 0 Å². The van der Waals surface area contributed by atoms with E-state index >= 15 is 0 Å². The van der Waals surface area contributed by atoms with Crippen LogP contribution in [0.2, 0.25) is 0 Å². The minimum atomic E-state index is 0.633. The molecule has 1 aliphatic carbocycles. The summed E-state index contributed by atoms with van der Waals surface area (Å²) < 4.78 is 0. The number of hydrogen-bond donors (Lipinski definition) is 0. The van der Waals surface area contributed by atoms with Crippen LogP contribution in [0.4, 0.5) is 0 Å². The summed E-state index contributed by atoms with van der Waals surface area (Å²) >= 11 is 0. The molecule has 0 N–H and O–H groups in total. The number of rotatable bonds is 3. The molecule has 1 rings (SSSR count). The van der Waals surface area contributed by atoms with Crippen molar-refractivity contribution in [1.29, 1.82) is 0 Å². The molecule has 0 amide bonds. The Morgan fingerprint density at radius 3 is 2.10 bits per heavy atom. The monoisotopic (exact) mass is 140 g/mol. The van der Waals surface area contributed by atoms with Crippen molar-refractivity contribution < 1.29 is 0 Å². The third kappa shape index (κ3) is 2.00. The molecule has 0 aromatic carbocycles. The molecule has 0 aliphatic heterocycles. The van der Waals surface area contributed by atoms with E-state index < -0.39 is 0 Å². The third-order valence-electron chi connectivity index (χ3n) is 2.62. The predicted molar refractivity (Wildman–Crippen MR) is 46.0 cm³/mol. The van der Waals surface area contributed by atoms with Crippen molar-refractivity contribution in [3.05, 3.63) is 0 Å². The van der Waals surface area contributed by atoms with Gasteiger partial charge in [0.25, 0.3) is 0 Å². The Bertz CT molecular complexity index is 107. The smallest absolute Gasteiger partial charge is 0.0323 e. The molecule has 60 valence electrons. The van der Waals surface area contributed by atoms with Crippen molar-refractivity contribution in [2.45, 2.75) is 47.0 Å². The van der Waals surface area contributed by atoms with E-state index in [0.29, 0.717) is 5.41 Å². The highest BCUT2D eigenvalue weighted by Crippen LogP contribution is 2.48. The molecule has 0 spiro atoms. The lowest BCUT2D eigenvalue weighted by Crippen LogP contribution is -2.16. The quantitative estimate of drug-likeness (QED) is 0.563. The maximum atomic E-state index is 2.42. The molecule has 0 unspecified atom stereocenters. The van der Waals surface area contributed by atoms with E-state index in [9.17, 15) is 0 Å². The van der Waals surface area contributed by atoms with Crippen LogP contribution in [0.15, 0.2) is 0 Å². The molecule has 10 heavy (non-hydrogen) atoms. The van der Waals surface area contributed by atoms with Gasteiger partial charge in [-0.15, -0.1) is 0 Å². The second kappa shape index (κ2) is 2.56. The van der Waals surface area contributed by atoms with Crippen LogP contribution in [-0.4, -0.2) is 0 Å². The van der Waals surface area contributed by atoms with E-state index in [1.165, 1.54) is 19.3 Å². The first-order valence-electron chi connectivity index (χ1n) is 4.52. The third-order valence-corrected chi connectivity index (χ3v) is 2.62. The van der Waals surface area contributed by atoms with Gasteiger partial charge in [-0.3, -0.25) is 0 Å². The first-order chi connectivity index (χ1) is 4.52.